The molecule has 27 heavy (non-hydrogen) atoms. The molecule has 0 fully saturated rings. The quantitative estimate of drug-likeness (QED) is 0.506. The molecule has 2 nitrogen and oxygen atoms in total. The van der Waals surface area contributed by atoms with E-state index < -0.39 is 23.5 Å². The third kappa shape index (κ3) is 2.72. The molecule has 0 bridgehead atoms. The van der Waals surface area contributed by atoms with Crippen LogP contribution in [0.1, 0.15) is 21.5 Å². The summed E-state index contributed by atoms with van der Waals surface area (Å²) in [4.78, 5) is 12.0. The lowest BCUT2D eigenvalue weighted by Gasteiger charge is -2.17. The molecule has 0 atom stereocenters. The minimum atomic E-state index is -4.98. The lowest BCUT2D eigenvalue weighted by molar-refractivity contribution is -0.142. The van der Waals surface area contributed by atoms with Gasteiger partial charge in [0.15, 0.2) is 0 Å². The van der Waals surface area contributed by atoms with E-state index in [1.54, 1.807) is 0 Å². The second-order valence-electron chi connectivity index (χ2n) is 6.10. The monoisotopic (exact) mass is 381 g/mol. The van der Waals surface area contributed by atoms with Crippen LogP contribution >= 0.6 is 0 Å². The Morgan fingerprint density at radius 2 is 1.44 bits per heavy atom. The van der Waals surface area contributed by atoms with Crippen molar-refractivity contribution in [3.8, 4) is 11.1 Å². The van der Waals surface area contributed by atoms with Crippen LogP contribution in [0.5, 0.6) is 0 Å². The van der Waals surface area contributed by atoms with Gasteiger partial charge in [0, 0.05) is 16.6 Å². The van der Waals surface area contributed by atoms with Crippen LogP contribution in [0.15, 0.2) is 48.5 Å². The van der Waals surface area contributed by atoms with Crippen LogP contribution in [0.2, 0.25) is 0 Å². The van der Waals surface area contributed by atoms with Gasteiger partial charge in [0.25, 0.3) is 5.91 Å². The Morgan fingerprint density at radius 3 is 2.11 bits per heavy atom. The smallest absolute Gasteiger partial charge is 0.321 e. The molecule has 1 N–H and O–H groups in total. The van der Waals surface area contributed by atoms with Gasteiger partial charge in [0.1, 0.15) is 0 Å². The zero-order chi connectivity index (χ0) is 19.6. The molecule has 1 amide bonds. The van der Waals surface area contributed by atoms with E-state index in [0.29, 0.717) is 28.1 Å². The van der Waals surface area contributed by atoms with E-state index in [9.17, 15) is 31.1 Å². The molecule has 3 aromatic carbocycles. The average Bonchev–Trinajstić information content (AvgIpc) is 2.91. The molecule has 0 spiro atoms. The SMILES string of the molecule is O=C1Nc2ccc(-c3ccc(C(F)(F)F)cc3C(F)(F)F)c3cccc1c23. The molecule has 0 unspecified atom stereocenters. The maximum absolute atomic E-state index is 13.5. The largest absolute Gasteiger partial charge is 0.417 e. The van der Waals surface area contributed by atoms with Crippen molar-refractivity contribution in [2.24, 2.45) is 0 Å². The van der Waals surface area contributed by atoms with E-state index in [2.05, 4.69) is 5.32 Å². The van der Waals surface area contributed by atoms with Crippen molar-refractivity contribution in [1.82, 2.24) is 0 Å². The van der Waals surface area contributed by atoms with Crippen LogP contribution in [0, 0.1) is 0 Å². The van der Waals surface area contributed by atoms with E-state index in [1.807, 2.05) is 0 Å². The van der Waals surface area contributed by atoms with Gasteiger partial charge in [0.2, 0.25) is 0 Å². The van der Waals surface area contributed by atoms with Gasteiger partial charge >= 0.3 is 12.4 Å². The van der Waals surface area contributed by atoms with Crippen molar-refractivity contribution in [3.05, 3.63) is 65.2 Å². The fourth-order valence-electron chi connectivity index (χ4n) is 3.31. The van der Waals surface area contributed by atoms with Crippen LogP contribution in [-0.4, -0.2) is 5.91 Å². The standard InChI is InChI=1S/C19H9F6NO/c20-18(21,22)9-4-5-11(14(8-9)19(23,24)25)10-6-7-15-16-12(10)2-1-3-13(16)17(27)26-15/h1-8H,(H,26,27). The van der Waals surface area contributed by atoms with Gasteiger partial charge in [-0.25, -0.2) is 0 Å². The van der Waals surface area contributed by atoms with Crippen molar-refractivity contribution in [3.63, 3.8) is 0 Å². The predicted octanol–water partition coefficient (Wildman–Crippen LogP) is 6.11. The van der Waals surface area contributed by atoms with E-state index in [1.165, 1.54) is 30.3 Å². The number of carbonyl (C=O) groups excluding carboxylic acids is 1. The molecule has 138 valence electrons. The van der Waals surface area contributed by atoms with Gasteiger partial charge < -0.3 is 5.32 Å². The van der Waals surface area contributed by atoms with Crippen LogP contribution in [-0.2, 0) is 12.4 Å². The molecule has 8 heteroatoms. The highest BCUT2D eigenvalue weighted by Crippen LogP contribution is 2.44. The van der Waals surface area contributed by atoms with E-state index >= 15 is 0 Å². The minimum Gasteiger partial charge on any atom is -0.321 e. The number of carbonyl (C=O) groups is 1. The summed E-state index contributed by atoms with van der Waals surface area (Å²) in [5.41, 5.74) is -2.26. The zero-order valence-electron chi connectivity index (χ0n) is 13.3. The van der Waals surface area contributed by atoms with Gasteiger partial charge in [0.05, 0.1) is 11.1 Å². The number of benzene rings is 3. The fraction of sp³-hybridized carbons (Fsp3) is 0.105. The third-order valence-corrected chi connectivity index (χ3v) is 4.48. The fourth-order valence-corrected chi connectivity index (χ4v) is 3.31. The molecule has 0 saturated heterocycles. The molecule has 1 heterocycles. The summed E-state index contributed by atoms with van der Waals surface area (Å²) in [5.74, 6) is -0.379. The summed E-state index contributed by atoms with van der Waals surface area (Å²) < 4.78 is 79.2. The lowest BCUT2D eigenvalue weighted by atomic mass is 9.91. The van der Waals surface area contributed by atoms with Crippen molar-refractivity contribution < 1.29 is 31.1 Å². The molecule has 0 aromatic heterocycles. The molecule has 0 aliphatic carbocycles. The number of alkyl halides is 6. The maximum atomic E-state index is 13.5. The number of rotatable bonds is 1. The highest BCUT2D eigenvalue weighted by molar-refractivity contribution is 6.25. The highest BCUT2D eigenvalue weighted by atomic mass is 19.4. The number of halogens is 6. The second kappa shape index (κ2) is 5.48. The maximum Gasteiger partial charge on any atom is 0.417 e. The Balaban J connectivity index is 2.03. The first-order chi connectivity index (χ1) is 12.6. The summed E-state index contributed by atoms with van der Waals surface area (Å²) in [7, 11) is 0. The Hall–Kier alpha value is -3.03. The van der Waals surface area contributed by atoms with Gasteiger partial charge in [-0.1, -0.05) is 24.3 Å². The Bertz CT molecular complexity index is 1100. The summed E-state index contributed by atoms with van der Waals surface area (Å²) in [6, 6.07) is 8.96. The molecule has 0 saturated carbocycles. The molecule has 4 rings (SSSR count). The third-order valence-electron chi connectivity index (χ3n) is 4.48. The summed E-state index contributed by atoms with van der Waals surface area (Å²) in [5, 5.41) is 3.42. The zero-order valence-corrected chi connectivity index (χ0v) is 13.3. The Labute approximate surface area is 148 Å². The van der Waals surface area contributed by atoms with Gasteiger partial charge in [-0.3, -0.25) is 4.79 Å². The van der Waals surface area contributed by atoms with Gasteiger partial charge in [-0.15, -0.1) is 0 Å². The number of hydrogen-bond donors (Lipinski definition) is 1. The summed E-state index contributed by atoms with van der Waals surface area (Å²) in [6.07, 6.45) is -9.87. The first-order valence-corrected chi connectivity index (χ1v) is 7.73. The molecular formula is C19H9F6NO. The van der Waals surface area contributed by atoms with Crippen LogP contribution in [0.3, 0.4) is 0 Å². The van der Waals surface area contributed by atoms with Crippen molar-refractivity contribution in [2.75, 3.05) is 5.32 Å². The topological polar surface area (TPSA) is 29.1 Å². The first-order valence-electron chi connectivity index (χ1n) is 7.73. The molecule has 3 aromatic rings. The normalized spacial score (nSPS) is 13.9. The van der Waals surface area contributed by atoms with Crippen molar-refractivity contribution >= 4 is 22.4 Å². The number of nitrogens with one attached hydrogen (secondary N) is 1. The predicted molar refractivity (Wildman–Crippen MR) is 87.3 cm³/mol. The van der Waals surface area contributed by atoms with Crippen LogP contribution in [0.25, 0.3) is 21.9 Å². The van der Waals surface area contributed by atoms with Gasteiger partial charge in [-0.2, -0.15) is 26.3 Å². The lowest BCUT2D eigenvalue weighted by Crippen LogP contribution is -2.12. The number of amides is 1. The Kier molecular flexibility index (Phi) is 3.53. The molecule has 0 radical (unpaired) electrons. The summed E-state index contributed by atoms with van der Waals surface area (Å²) in [6.45, 7) is 0. The van der Waals surface area contributed by atoms with E-state index in [0.717, 1.165) is 6.07 Å². The molecule has 1 aliphatic rings. The summed E-state index contributed by atoms with van der Waals surface area (Å²) >= 11 is 0. The highest BCUT2D eigenvalue weighted by Gasteiger charge is 2.38. The van der Waals surface area contributed by atoms with Crippen molar-refractivity contribution in [1.29, 1.82) is 0 Å². The van der Waals surface area contributed by atoms with E-state index in [4.69, 9.17) is 0 Å². The Morgan fingerprint density at radius 1 is 0.741 bits per heavy atom. The van der Waals surface area contributed by atoms with Gasteiger partial charge in [-0.05, 0) is 40.8 Å². The van der Waals surface area contributed by atoms with Crippen LogP contribution in [0.4, 0.5) is 32.0 Å². The van der Waals surface area contributed by atoms with Crippen molar-refractivity contribution in [2.45, 2.75) is 12.4 Å². The second-order valence-corrected chi connectivity index (χ2v) is 6.10. The molecule has 1 aliphatic heterocycles. The number of hydrogen-bond acceptors (Lipinski definition) is 1. The average molecular weight is 381 g/mol. The first kappa shape index (κ1) is 17.4. The minimum absolute atomic E-state index is 0.105. The number of anilines is 1. The molecular weight excluding hydrogens is 372 g/mol. The van der Waals surface area contributed by atoms with E-state index in [-0.39, 0.29) is 23.1 Å². The van der Waals surface area contributed by atoms with Crippen LogP contribution < -0.4 is 5.32 Å².